The molecule has 23 heavy (non-hydrogen) atoms. The predicted octanol–water partition coefficient (Wildman–Crippen LogP) is 2.48. The van der Waals surface area contributed by atoms with Gasteiger partial charge in [-0.2, -0.15) is 5.10 Å². The van der Waals surface area contributed by atoms with Gasteiger partial charge in [-0.05, 0) is 24.0 Å². The second kappa shape index (κ2) is 4.55. The Morgan fingerprint density at radius 3 is 3.04 bits per heavy atom. The third-order valence-corrected chi connectivity index (χ3v) is 5.30. The molecule has 2 aromatic heterocycles. The molecule has 0 fully saturated rings. The van der Waals surface area contributed by atoms with Gasteiger partial charge >= 0.3 is 0 Å². The smallest absolute Gasteiger partial charge is 0.103 e. The Bertz CT molecular complexity index is 894. The van der Waals surface area contributed by atoms with Crippen LogP contribution >= 0.6 is 0 Å². The molecule has 1 aliphatic heterocycles. The van der Waals surface area contributed by atoms with Crippen LogP contribution in [0.3, 0.4) is 0 Å². The summed E-state index contributed by atoms with van der Waals surface area (Å²) in [6.07, 6.45) is 7.22. The van der Waals surface area contributed by atoms with E-state index in [1.165, 1.54) is 16.7 Å². The van der Waals surface area contributed by atoms with Gasteiger partial charge < -0.3 is 9.67 Å². The fourth-order valence-corrected chi connectivity index (χ4v) is 4.32. The van der Waals surface area contributed by atoms with E-state index < -0.39 is 6.10 Å². The number of fused-ring (bicyclic) bond motifs is 4. The number of aliphatic hydroxyl groups excluding tert-OH is 1. The highest BCUT2D eigenvalue weighted by Crippen LogP contribution is 2.49. The summed E-state index contributed by atoms with van der Waals surface area (Å²) in [5.74, 6) is 0.119. The summed E-state index contributed by atoms with van der Waals surface area (Å²) >= 11 is 0. The number of hydrogen-bond acceptors (Lipinski definition) is 3. The maximum absolute atomic E-state index is 11.0. The molecule has 116 valence electrons. The Hall–Kier alpha value is -2.40. The van der Waals surface area contributed by atoms with Gasteiger partial charge in [-0.25, -0.2) is 4.98 Å². The average molecular weight is 306 g/mol. The van der Waals surface area contributed by atoms with Crippen molar-refractivity contribution in [1.82, 2.24) is 19.3 Å². The minimum atomic E-state index is -0.536. The van der Waals surface area contributed by atoms with Crippen molar-refractivity contribution in [1.29, 1.82) is 0 Å². The Balaban J connectivity index is 1.63. The molecular weight excluding hydrogens is 288 g/mol. The van der Waals surface area contributed by atoms with E-state index in [1.807, 2.05) is 30.5 Å². The first-order chi connectivity index (χ1) is 11.2. The maximum atomic E-state index is 11.0. The van der Waals surface area contributed by atoms with E-state index in [-0.39, 0.29) is 12.0 Å². The zero-order valence-electron chi connectivity index (χ0n) is 12.9. The number of nitrogens with zero attached hydrogens (tertiary/aromatic N) is 4. The molecule has 0 saturated carbocycles. The van der Waals surface area contributed by atoms with Gasteiger partial charge in [0.15, 0.2) is 0 Å². The van der Waals surface area contributed by atoms with E-state index in [2.05, 4.69) is 38.9 Å². The summed E-state index contributed by atoms with van der Waals surface area (Å²) in [6.45, 7) is 0. The molecule has 1 N–H and O–H groups in total. The van der Waals surface area contributed by atoms with Crippen molar-refractivity contribution >= 4 is 0 Å². The van der Waals surface area contributed by atoms with Crippen LogP contribution in [0, 0.1) is 5.92 Å². The monoisotopic (exact) mass is 306 g/mol. The van der Waals surface area contributed by atoms with Crippen molar-refractivity contribution in [3.05, 3.63) is 59.8 Å². The van der Waals surface area contributed by atoms with E-state index in [1.54, 1.807) is 0 Å². The van der Waals surface area contributed by atoms with Crippen LogP contribution in [0.2, 0.25) is 0 Å². The van der Waals surface area contributed by atoms with Gasteiger partial charge in [0, 0.05) is 24.7 Å². The summed E-state index contributed by atoms with van der Waals surface area (Å²) in [5, 5.41) is 15.5. The maximum Gasteiger partial charge on any atom is 0.103 e. The number of benzene rings is 1. The van der Waals surface area contributed by atoms with Crippen LogP contribution in [0.4, 0.5) is 0 Å². The van der Waals surface area contributed by atoms with E-state index in [0.717, 1.165) is 24.2 Å². The minimum Gasteiger partial charge on any atom is -0.386 e. The van der Waals surface area contributed by atoms with Crippen molar-refractivity contribution in [3.8, 4) is 11.3 Å². The molecule has 0 spiro atoms. The lowest BCUT2D eigenvalue weighted by Gasteiger charge is -2.33. The molecule has 3 aromatic rings. The highest BCUT2D eigenvalue weighted by molar-refractivity contribution is 5.69. The van der Waals surface area contributed by atoms with Crippen molar-refractivity contribution in [2.75, 3.05) is 0 Å². The number of aliphatic hydroxyl groups is 1. The summed E-state index contributed by atoms with van der Waals surface area (Å²) in [4.78, 5) is 4.32. The lowest BCUT2D eigenvalue weighted by Crippen LogP contribution is -2.28. The highest BCUT2D eigenvalue weighted by atomic mass is 16.3. The van der Waals surface area contributed by atoms with Gasteiger partial charge in [0.05, 0.1) is 30.0 Å². The number of rotatable bonds is 1. The van der Waals surface area contributed by atoms with Gasteiger partial charge in [-0.3, -0.25) is 4.68 Å². The van der Waals surface area contributed by atoms with Crippen LogP contribution in [0.1, 0.15) is 35.4 Å². The Labute approximate surface area is 134 Å². The van der Waals surface area contributed by atoms with Crippen molar-refractivity contribution in [2.24, 2.45) is 13.0 Å². The molecule has 5 heteroatoms. The van der Waals surface area contributed by atoms with Crippen LogP contribution in [-0.4, -0.2) is 24.4 Å². The zero-order chi connectivity index (χ0) is 15.6. The number of imidazole rings is 1. The average Bonchev–Trinajstić information content (AvgIpc) is 3.22. The molecule has 0 saturated heterocycles. The van der Waals surface area contributed by atoms with Crippen LogP contribution in [0.25, 0.3) is 11.3 Å². The van der Waals surface area contributed by atoms with Gasteiger partial charge in [-0.15, -0.1) is 0 Å². The van der Waals surface area contributed by atoms with Crippen molar-refractivity contribution in [2.45, 2.75) is 25.0 Å². The first-order valence-electron chi connectivity index (χ1n) is 8.05. The van der Waals surface area contributed by atoms with Crippen LogP contribution < -0.4 is 0 Å². The fourth-order valence-electron chi connectivity index (χ4n) is 4.32. The largest absolute Gasteiger partial charge is 0.386 e. The first-order valence-corrected chi connectivity index (χ1v) is 8.05. The normalized spacial score (nSPS) is 25.0. The van der Waals surface area contributed by atoms with E-state index in [0.29, 0.717) is 0 Å². The fraction of sp³-hybridized carbons (Fsp3) is 0.333. The van der Waals surface area contributed by atoms with E-state index in [4.69, 9.17) is 0 Å². The summed E-state index contributed by atoms with van der Waals surface area (Å²) in [5.41, 5.74) is 5.68. The quantitative estimate of drug-likeness (QED) is 0.751. The molecule has 5 rings (SSSR count). The second-order valence-electron chi connectivity index (χ2n) is 6.58. The van der Waals surface area contributed by atoms with E-state index in [9.17, 15) is 5.11 Å². The number of hydrogen-bond donors (Lipinski definition) is 1. The lowest BCUT2D eigenvalue weighted by atomic mass is 9.78. The van der Waals surface area contributed by atoms with Crippen LogP contribution in [0.15, 0.2) is 43.0 Å². The third-order valence-electron chi connectivity index (χ3n) is 5.30. The second-order valence-corrected chi connectivity index (χ2v) is 6.58. The predicted molar refractivity (Wildman–Crippen MR) is 85.8 cm³/mol. The summed E-state index contributed by atoms with van der Waals surface area (Å²) in [7, 11) is 1.92. The first kappa shape index (κ1) is 13.1. The molecule has 2 aliphatic rings. The number of aryl methyl sites for hydroxylation is 2. The SMILES string of the molecule is Cn1cc2c(n1)[C@H](O)[C@H]([C@@H]1c3ccccc3-c3cncn31)CC2. The van der Waals surface area contributed by atoms with E-state index >= 15 is 0 Å². The zero-order valence-corrected chi connectivity index (χ0v) is 12.9. The Kier molecular flexibility index (Phi) is 2.59. The van der Waals surface area contributed by atoms with Crippen LogP contribution in [-0.2, 0) is 13.5 Å². The van der Waals surface area contributed by atoms with Crippen LogP contribution in [0.5, 0.6) is 0 Å². The molecule has 0 unspecified atom stereocenters. The molecule has 0 bridgehead atoms. The third kappa shape index (κ3) is 1.71. The molecule has 0 radical (unpaired) electrons. The van der Waals surface area contributed by atoms with Gasteiger partial charge in [0.1, 0.15) is 6.10 Å². The highest BCUT2D eigenvalue weighted by Gasteiger charge is 2.41. The molecule has 0 amide bonds. The van der Waals surface area contributed by atoms with Crippen molar-refractivity contribution in [3.63, 3.8) is 0 Å². The van der Waals surface area contributed by atoms with Gasteiger partial charge in [0.25, 0.3) is 0 Å². The van der Waals surface area contributed by atoms with Gasteiger partial charge in [0.2, 0.25) is 0 Å². The lowest BCUT2D eigenvalue weighted by molar-refractivity contribution is 0.0681. The van der Waals surface area contributed by atoms with Gasteiger partial charge in [-0.1, -0.05) is 24.3 Å². The molecule has 1 aliphatic carbocycles. The Morgan fingerprint density at radius 1 is 1.26 bits per heavy atom. The molecule has 3 atom stereocenters. The summed E-state index contributed by atoms with van der Waals surface area (Å²) in [6, 6.07) is 8.59. The molecule has 5 nitrogen and oxygen atoms in total. The standard InChI is InChI=1S/C18H18N4O/c1-21-9-11-6-7-14(18(23)16(11)20-21)17-13-5-3-2-4-12(13)15-8-19-10-22(15)17/h2-5,8-10,14,17-18,23H,6-7H2,1H3/t14-,17-,18+/m0/s1. The minimum absolute atomic E-state index is 0.119. The molecule has 3 heterocycles. The molecular formula is C18H18N4O. The van der Waals surface area contributed by atoms with Crippen molar-refractivity contribution < 1.29 is 5.11 Å². The Morgan fingerprint density at radius 2 is 2.13 bits per heavy atom. The topological polar surface area (TPSA) is 55.9 Å². The molecule has 1 aromatic carbocycles. The summed E-state index contributed by atoms with van der Waals surface area (Å²) < 4.78 is 4.02. The number of aromatic nitrogens is 4.